The second-order valence-electron chi connectivity index (χ2n) is 7.75. The zero-order chi connectivity index (χ0) is 22.3. The highest BCUT2D eigenvalue weighted by molar-refractivity contribution is 7.99. The predicted octanol–water partition coefficient (Wildman–Crippen LogP) is 4.04. The maximum absolute atomic E-state index is 13.5. The van der Waals surface area contributed by atoms with Gasteiger partial charge in [-0.05, 0) is 41.6 Å². The molecule has 0 radical (unpaired) electrons. The number of carbonyl (C=O) groups excluding carboxylic acids is 1. The normalized spacial score (nSPS) is 18.2. The van der Waals surface area contributed by atoms with E-state index in [1.54, 1.807) is 34.2 Å². The lowest BCUT2D eigenvalue weighted by atomic mass is 9.99. The first-order chi connectivity index (χ1) is 15.4. The minimum Gasteiger partial charge on any atom is -0.360 e. The van der Waals surface area contributed by atoms with E-state index >= 15 is 0 Å². The van der Waals surface area contributed by atoms with Gasteiger partial charge in [0.15, 0.2) is 0 Å². The lowest BCUT2D eigenvalue weighted by Gasteiger charge is -2.28. The van der Waals surface area contributed by atoms with E-state index in [4.69, 9.17) is 0 Å². The summed E-state index contributed by atoms with van der Waals surface area (Å²) in [5, 5.41) is 2.62. The van der Waals surface area contributed by atoms with E-state index in [0.717, 1.165) is 33.5 Å². The molecule has 4 heterocycles. The number of carbonyl (C=O) groups is 1. The van der Waals surface area contributed by atoms with Gasteiger partial charge >= 0.3 is 0 Å². The molecule has 6 nitrogen and oxygen atoms in total. The van der Waals surface area contributed by atoms with Gasteiger partial charge in [0.25, 0.3) is 5.91 Å². The Morgan fingerprint density at radius 2 is 1.94 bits per heavy atom. The summed E-state index contributed by atoms with van der Waals surface area (Å²) in [6.45, 7) is 1.84. The molecule has 3 aromatic rings. The third kappa shape index (κ3) is 3.89. The molecule has 0 saturated carbocycles. The standard InChI is InChI=1S/C22H22FN3O3S3/c23-16-1-2-17-18(14-24-19(17)13-16)15-3-6-25(7-4-15)22(27)21-20(5-10-31-21)32(28,29)26-8-11-30-12-9-26/h1-3,5,10,13-14,24H,4,6-9,11-12H2. The molecule has 0 spiro atoms. The van der Waals surface area contributed by atoms with Gasteiger partial charge in [-0.1, -0.05) is 6.08 Å². The summed E-state index contributed by atoms with van der Waals surface area (Å²) in [6, 6.07) is 6.22. The molecule has 168 valence electrons. The van der Waals surface area contributed by atoms with Crippen LogP contribution in [0.3, 0.4) is 0 Å². The largest absolute Gasteiger partial charge is 0.360 e. The zero-order valence-electron chi connectivity index (χ0n) is 17.2. The molecule has 5 rings (SSSR count). The van der Waals surface area contributed by atoms with Crippen LogP contribution in [0.5, 0.6) is 0 Å². The van der Waals surface area contributed by atoms with Crippen LogP contribution in [-0.2, 0) is 10.0 Å². The number of benzene rings is 1. The van der Waals surface area contributed by atoms with Crippen molar-refractivity contribution in [1.29, 1.82) is 0 Å². The Labute approximate surface area is 194 Å². The van der Waals surface area contributed by atoms with Crippen LogP contribution in [0.1, 0.15) is 21.7 Å². The van der Waals surface area contributed by atoms with Crippen LogP contribution >= 0.6 is 23.1 Å². The van der Waals surface area contributed by atoms with E-state index in [1.165, 1.54) is 27.8 Å². The van der Waals surface area contributed by atoms with Crippen LogP contribution in [0, 0.1) is 5.82 Å². The maximum atomic E-state index is 13.5. The fourth-order valence-electron chi connectivity index (χ4n) is 4.19. The summed E-state index contributed by atoms with van der Waals surface area (Å²) >= 11 is 2.92. The molecule has 1 N–H and O–H groups in total. The first-order valence-corrected chi connectivity index (χ1v) is 13.8. The van der Waals surface area contributed by atoms with Gasteiger partial charge in [-0.15, -0.1) is 11.3 Å². The number of sulfonamides is 1. The number of thiophene rings is 1. The zero-order valence-corrected chi connectivity index (χ0v) is 19.7. The van der Waals surface area contributed by atoms with Crippen LogP contribution in [0.25, 0.3) is 16.5 Å². The second-order valence-corrected chi connectivity index (χ2v) is 11.8. The third-order valence-corrected chi connectivity index (χ3v) is 9.81. The van der Waals surface area contributed by atoms with Crippen molar-refractivity contribution < 1.29 is 17.6 Å². The number of hydrogen-bond acceptors (Lipinski definition) is 5. The molecule has 0 bridgehead atoms. The summed E-state index contributed by atoms with van der Waals surface area (Å²) in [4.78, 5) is 18.4. The quantitative estimate of drug-likeness (QED) is 0.598. The number of nitrogens with one attached hydrogen (secondary N) is 1. The summed E-state index contributed by atoms with van der Waals surface area (Å²) in [5.74, 6) is 1.01. The highest BCUT2D eigenvalue weighted by atomic mass is 32.2. The Kier molecular flexibility index (Phi) is 5.87. The van der Waals surface area contributed by atoms with Crippen molar-refractivity contribution in [2.24, 2.45) is 0 Å². The number of aromatic amines is 1. The summed E-state index contributed by atoms with van der Waals surface area (Å²) in [7, 11) is -3.67. The molecular weight excluding hydrogens is 469 g/mol. The third-order valence-electron chi connectivity index (χ3n) is 5.90. The van der Waals surface area contributed by atoms with Gasteiger partial charge in [-0.3, -0.25) is 4.79 Å². The number of rotatable bonds is 4. The molecule has 1 aromatic carbocycles. The Balaban J connectivity index is 1.36. The molecule has 1 amide bonds. The van der Waals surface area contributed by atoms with Crippen molar-refractivity contribution >= 4 is 55.5 Å². The van der Waals surface area contributed by atoms with Gasteiger partial charge in [0.2, 0.25) is 10.0 Å². The van der Waals surface area contributed by atoms with Gasteiger partial charge < -0.3 is 9.88 Å². The van der Waals surface area contributed by atoms with E-state index < -0.39 is 10.0 Å². The molecule has 1 fully saturated rings. The summed E-state index contributed by atoms with van der Waals surface area (Å²) < 4.78 is 41.2. The number of nitrogens with zero attached hydrogens (tertiary/aromatic N) is 2. The summed E-state index contributed by atoms with van der Waals surface area (Å²) in [6.07, 6.45) is 4.51. The number of thioether (sulfide) groups is 1. The second kappa shape index (κ2) is 8.66. The molecule has 2 aliphatic heterocycles. The van der Waals surface area contributed by atoms with Gasteiger partial charge in [0.1, 0.15) is 15.6 Å². The molecule has 0 aliphatic carbocycles. The lowest BCUT2D eigenvalue weighted by molar-refractivity contribution is 0.0774. The molecule has 1 saturated heterocycles. The first-order valence-electron chi connectivity index (χ1n) is 10.4. The molecular formula is C22H22FN3O3S3. The fourth-order valence-corrected chi connectivity index (χ4v) is 8.13. The summed E-state index contributed by atoms with van der Waals surface area (Å²) in [5.41, 5.74) is 2.84. The highest BCUT2D eigenvalue weighted by Gasteiger charge is 2.33. The Morgan fingerprint density at radius 1 is 1.12 bits per heavy atom. The Hall–Kier alpha value is -2.14. The van der Waals surface area contributed by atoms with Crippen LogP contribution in [0.15, 0.2) is 46.8 Å². The molecule has 10 heteroatoms. The predicted molar refractivity (Wildman–Crippen MR) is 127 cm³/mol. The fraction of sp³-hybridized carbons (Fsp3) is 0.318. The number of amides is 1. The monoisotopic (exact) mass is 491 g/mol. The van der Waals surface area contributed by atoms with Crippen molar-refractivity contribution in [1.82, 2.24) is 14.2 Å². The van der Waals surface area contributed by atoms with E-state index in [9.17, 15) is 17.6 Å². The minimum atomic E-state index is -3.67. The topological polar surface area (TPSA) is 73.5 Å². The van der Waals surface area contributed by atoms with Gasteiger partial charge in [0, 0.05) is 60.3 Å². The smallest absolute Gasteiger partial charge is 0.265 e. The minimum absolute atomic E-state index is 0.118. The number of halogens is 1. The Morgan fingerprint density at radius 3 is 2.69 bits per heavy atom. The molecule has 2 aromatic heterocycles. The van der Waals surface area contributed by atoms with Crippen LogP contribution in [0.4, 0.5) is 4.39 Å². The Bertz CT molecular complexity index is 1310. The maximum Gasteiger partial charge on any atom is 0.265 e. The molecule has 0 atom stereocenters. The van der Waals surface area contributed by atoms with Crippen molar-refractivity contribution in [2.75, 3.05) is 37.7 Å². The lowest BCUT2D eigenvalue weighted by Crippen LogP contribution is -2.39. The van der Waals surface area contributed by atoms with Crippen LogP contribution in [0.2, 0.25) is 0 Å². The highest BCUT2D eigenvalue weighted by Crippen LogP contribution is 2.32. The average molecular weight is 492 g/mol. The van der Waals surface area contributed by atoms with E-state index in [-0.39, 0.29) is 21.5 Å². The number of H-pyrrole nitrogens is 1. The van der Waals surface area contributed by atoms with Crippen LogP contribution < -0.4 is 0 Å². The SMILES string of the molecule is O=C(c1sccc1S(=O)(=O)N1CCSCC1)N1CC=C(c2c[nH]c3cc(F)ccc23)CC1. The van der Waals surface area contributed by atoms with Gasteiger partial charge in [-0.2, -0.15) is 16.1 Å². The van der Waals surface area contributed by atoms with E-state index in [0.29, 0.717) is 32.6 Å². The number of fused-ring (bicyclic) bond motifs is 1. The van der Waals surface area contributed by atoms with Gasteiger partial charge in [0.05, 0.1) is 0 Å². The molecule has 2 aliphatic rings. The molecule has 32 heavy (non-hydrogen) atoms. The first kappa shape index (κ1) is 21.7. The van der Waals surface area contributed by atoms with Crippen molar-refractivity contribution in [3.63, 3.8) is 0 Å². The van der Waals surface area contributed by atoms with E-state index in [1.807, 2.05) is 12.3 Å². The number of hydrogen-bond donors (Lipinski definition) is 1. The number of aromatic nitrogens is 1. The van der Waals surface area contributed by atoms with Gasteiger partial charge in [-0.25, -0.2) is 12.8 Å². The molecule has 0 unspecified atom stereocenters. The van der Waals surface area contributed by atoms with Crippen molar-refractivity contribution in [2.45, 2.75) is 11.3 Å². The average Bonchev–Trinajstić information content (AvgIpc) is 3.47. The van der Waals surface area contributed by atoms with Crippen LogP contribution in [-0.4, -0.2) is 66.2 Å². The van der Waals surface area contributed by atoms with E-state index in [2.05, 4.69) is 4.98 Å². The van der Waals surface area contributed by atoms with Crippen molar-refractivity contribution in [3.8, 4) is 0 Å². The van der Waals surface area contributed by atoms with Crippen molar-refractivity contribution in [3.05, 3.63) is 58.2 Å².